The molecule has 1 N–H and O–H groups in total. The van der Waals surface area contributed by atoms with E-state index in [1.807, 2.05) is 12.1 Å². The molecular formula is C14H15ClFN3. The van der Waals surface area contributed by atoms with E-state index < -0.39 is 0 Å². The van der Waals surface area contributed by atoms with Crippen LogP contribution in [0.5, 0.6) is 0 Å². The number of benzene rings is 1. The van der Waals surface area contributed by atoms with Gasteiger partial charge < -0.3 is 0 Å². The lowest BCUT2D eigenvalue weighted by atomic mass is 10.1. The highest BCUT2D eigenvalue weighted by atomic mass is 35.5. The molecule has 2 aromatic rings. The van der Waals surface area contributed by atoms with Crippen molar-refractivity contribution in [2.24, 2.45) is 0 Å². The lowest BCUT2D eigenvalue weighted by Crippen LogP contribution is -2.19. The van der Waals surface area contributed by atoms with Crippen molar-refractivity contribution in [3.8, 4) is 0 Å². The lowest BCUT2D eigenvalue weighted by Gasteiger charge is -2.15. The second kappa shape index (κ2) is 5.31. The number of H-pyrrole nitrogens is 1. The van der Waals surface area contributed by atoms with E-state index in [0.717, 1.165) is 31.6 Å². The van der Waals surface area contributed by atoms with Crippen LogP contribution in [0.2, 0.25) is 5.02 Å². The zero-order valence-electron chi connectivity index (χ0n) is 10.4. The summed E-state index contributed by atoms with van der Waals surface area (Å²) in [4.78, 5) is 2.33. The molecule has 100 valence electrons. The van der Waals surface area contributed by atoms with E-state index in [9.17, 15) is 4.39 Å². The summed E-state index contributed by atoms with van der Waals surface area (Å²) in [5, 5.41) is 7.20. The number of rotatable bonds is 3. The molecule has 1 aliphatic heterocycles. The van der Waals surface area contributed by atoms with Gasteiger partial charge >= 0.3 is 0 Å². The van der Waals surface area contributed by atoms with Crippen LogP contribution in [0.4, 0.5) is 4.39 Å². The average molecular weight is 280 g/mol. The zero-order valence-corrected chi connectivity index (χ0v) is 11.2. The third-order valence-electron chi connectivity index (χ3n) is 3.62. The van der Waals surface area contributed by atoms with Gasteiger partial charge in [0, 0.05) is 30.9 Å². The Morgan fingerprint density at radius 1 is 1.42 bits per heavy atom. The molecule has 3 nitrogen and oxygen atoms in total. The summed E-state index contributed by atoms with van der Waals surface area (Å²) in [5.41, 5.74) is 2.15. The number of aromatic amines is 1. The maximum Gasteiger partial charge on any atom is 0.142 e. The Kier molecular flexibility index (Phi) is 3.53. The molecule has 1 saturated heterocycles. The second-order valence-electron chi connectivity index (χ2n) is 4.98. The highest BCUT2D eigenvalue weighted by Gasteiger charge is 2.24. The first-order chi connectivity index (χ1) is 9.22. The SMILES string of the molecule is Fc1cc(CN2CC[C@H](c3ccn[nH]3)C2)ccc1Cl. The molecule has 0 saturated carbocycles. The minimum absolute atomic E-state index is 0.181. The highest BCUT2D eigenvalue weighted by molar-refractivity contribution is 6.30. The fourth-order valence-electron chi connectivity index (χ4n) is 2.62. The van der Waals surface area contributed by atoms with Crippen LogP contribution < -0.4 is 0 Å². The molecule has 5 heteroatoms. The predicted molar refractivity (Wildman–Crippen MR) is 72.6 cm³/mol. The number of nitrogens with one attached hydrogen (secondary N) is 1. The van der Waals surface area contributed by atoms with Crippen LogP contribution in [0, 0.1) is 5.82 Å². The molecule has 1 aliphatic rings. The summed E-state index contributed by atoms with van der Waals surface area (Å²) in [6, 6.07) is 7.05. The van der Waals surface area contributed by atoms with Gasteiger partial charge in [-0.15, -0.1) is 0 Å². The van der Waals surface area contributed by atoms with Gasteiger partial charge in [0.15, 0.2) is 0 Å². The van der Waals surface area contributed by atoms with E-state index in [1.165, 1.54) is 11.8 Å². The van der Waals surface area contributed by atoms with Crippen LogP contribution >= 0.6 is 11.6 Å². The van der Waals surface area contributed by atoms with Crippen molar-refractivity contribution < 1.29 is 4.39 Å². The van der Waals surface area contributed by atoms with Crippen LogP contribution in [0.3, 0.4) is 0 Å². The molecule has 0 amide bonds. The Morgan fingerprint density at radius 3 is 3.05 bits per heavy atom. The summed E-state index contributed by atoms with van der Waals surface area (Å²) < 4.78 is 13.4. The molecule has 19 heavy (non-hydrogen) atoms. The third kappa shape index (κ3) is 2.80. The molecule has 2 heterocycles. The number of aromatic nitrogens is 2. The van der Waals surface area contributed by atoms with E-state index in [0.29, 0.717) is 5.92 Å². The monoisotopic (exact) mass is 279 g/mol. The number of likely N-dealkylation sites (tertiary alicyclic amines) is 1. The van der Waals surface area contributed by atoms with Crippen molar-refractivity contribution >= 4 is 11.6 Å². The molecule has 1 fully saturated rings. The molecular weight excluding hydrogens is 265 g/mol. The van der Waals surface area contributed by atoms with Crippen molar-refractivity contribution in [1.82, 2.24) is 15.1 Å². The lowest BCUT2D eigenvalue weighted by molar-refractivity contribution is 0.326. The van der Waals surface area contributed by atoms with E-state index >= 15 is 0 Å². The molecule has 1 aromatic heterocycles. The van der Waals surface area contributed by atoms with Crippen molar-refractivity contribution in [3.63, 3.8) is 0 Å². The van der Waals surface area contributed by atoms with Gasteiger partial charge in [-0.1, -0.05) is 17.7 Å². The topological polar surface area (TPSA) is 31.9 Å². The van der Waals surface area contributed by atoms with Gasteiger partial charge in [-0.25, -0.2) is 4.39 Å². The van der Waals surface area contributed by atoms with Crippen LogP contribution in [0.1, 0.15) is 23.6 Å². The standard InChI is InChI=1S/C14H15ClFN3/c15-12-2-1-10(7-13(12)16)8-19-6-4-11(9-19)14-3-5-17-18-14/h1-3,5,7,11H,4,6,8-9H2,(H,17,18)/t11-/m0/s1. The fraction of sp³-hybridized carbons (Fsp3) is 0.357. The quantitative estimate of drug-likeness (QED) is 0.936. The van der Waals surface area contributed by atoms with Gasteiger partial charge in [0.1, 0.15) is 5.82 Å². The normalized spacial score (nSPS) is 20.0. The highest BCUT2D eigenvalue weighted by Crippen LogP contribution is 2.27. The minimum atomic E-state index is -0.344. The van der Waals surface area contributed by atoms with E-state index in [1.54, 1.807) is 12.3 Å². The third-order valence-corrected chi connectivity index (χ3v) is 3.93. The maximum absolute atomic E-state index is 13.4. The van der Waals surface area contributed by atoms with Gasteiger partial charge in [0.05, 0.1) is 5.02 Å². The molecule has 1 atom stereocenters. The number of nitrogens with zero attached hydrogens (tertiary/aromatic N) is 2. The average Bonchev–Trinajstić information content (AvgIpc) is 3.04. The van der Waals surface area contributed by atoms with Crippen molar-refractivity contribution in [1.29, 1.82) is 0 Å². The molecule has 0 unspecified atom stereocenters. The largest absolute Gasteiger partial charge is 0.298 e. The second-order valence-corrected chi connectivity index (χ2v) is 5.39. The first-order valence-corrected chi connectivity index (χ1v) is 6.76. The Hall–Kier alpha value is -1.39. The summed E-state index contributed by atoms with van der Waals surface area (Å²) in [6.45, 7) is 2.76. The van der Waals surface area contributed by atoms with Crippen LogP contribution in [-0.2, 0) is 6.54 Å². The molecule has 1 aromatic carbocycles. The maximum atomic E-state index is 13.4. The van der Waals surface area contributed by atoms with E-state index in [4.69, 9.17) is 11.6 Å². The molecule has 0 spiro atoms. The predicted octanol–water partition coefficient (Wildman–Crippen LogP) is 3.19. The van der Waals surface area contributed by atoms with Crippen molar-refractivity contribution in [3.05, 3.63) is 52.6 Å². The fourth-order valence-corrected chi connectivity index (χ4v) is 2.74. The summed E-state index contributed by atoms with van der Waals surface area (Å²) in [5.74, 6) is 0.156. The molecule has 0 aliphatic carbocycles. The Labute approximate surface area is 116 Å². The van der Waals surface area contributed by atoms with Crippen molar-refractivity contribution in [2.75, 3.05) is 13.1 Å². The Bertz CT molecular complexity index is 556. The van der Waals surface area contributed by atoms with E-state index in [-0.39, 0.29) is 10.8 Å². The molecule has 0 radical (unpaired) electrons. The van der Waals surface area contributed by atoms with Gasteiger partial charge in [-0.3, -0.25) is 10.00 Å². The number of hydrogen-bond acceptors (Lipinski definition) is 2. The van der Waals surface area contributed by atoms with Crippen LogP contribution in [0.25, 0.3) is 0 Å². The van der Waals surface area contributed by atoms with Gasteiger partial charge in [0.2, 0.25) is 0 Å². The first kappa shape index (κ1) is 12.6. The Morgan fingerprint density at radius 2 is 2.32 bits per heavy atom. The van der Waals surface area contributed by atoms with Gasteiger partial charge in [0.25, 0.3) is 0 Å². The van der Waals surface area contributed by atoms with Gasteiger partial charge in [-0.05, 0) is 36.7 Å². The van der Waals surface area contributed by atoms with Crippen LogP contribution in [-0.4, -0.2) is 28.2 Å². The summed E-state index contributed by atoms with van der Waals surface area (Å²) in [7, 11) is 0. The zero-order chi connectivity index (χ0) is 13.2. The number of hydrogen-bond donors (Lipinski definition) is 1. The molecule has 3 rings (SSSR count). The summed E-state index contributed by atoms with van der Waals surface area (Å²) in [6.07, 6.45) is 2.89. The Balaban J connectivity index is 1.64. The number of halogens is 2. The molecule has 0 bridgehead atoms. The van der Waals surface area contributed by atoms with Crippen LogP contribution in [0.15, 0.2) is 30.5 Å². The smallest absolute Gasteiger partial charge is 0.142 e. The summed E-state index contributed by atoms with van der Waals surface area (Å²) >= 11 is 5.69. The van der Waals surface area contributed by atoms with Crippen molar-refractivity contribution in [2.45, 2.75) is 18.9 Å². The first-order valence-electron chi connectivity index (χ1n) is 6.38. The van der Waals surface area contributed by atoms with E-state index in [2.05, 4.69) is 15.1 Å². The minimum Gasteiger partial charge on any atom is -0.298 e. The van der Waals surface area contributed by atoms with Gasteiger partial charge in [-0.2, -0.15) is 5.10 Å².